The molecule has 1 heterocycles. The molecule has 1 aliphatic heterocycles. The van der Waals surface area contributed by atoms with E-state index < -0.39 is 59.4 Å². The second kappa shape index (κ2) is 13.5. The van der Waals surface area contributed by atoms with Crippen molar-refractivity contribution in [2.45, 2.75) is 83.5 Å². The van der Waals surface area contributed by atoms with E-state index >= 15 is 0 Å². The first-order valence-electron chi connectivity index (χ1n) is 17.3. The van der Waals surface area contributed by atoms with Gasteiger partial charge in [-0.05, 0) is 107 Å². The van der Waals surface area contributed by atoms with Crippen LogP contribution in [-0.2, 0) is 25.7 Å². The molecule has 5 N–H and O–H groups in total. The van der Waals surface area contributed by atoms with Crippen molar-refractivity contribution in [1.82, 2.24) is 20.4 Å². The normalized spacial score (nSPS) is 26.9. The number of amides is 6. The summed E-state index contributed by atoms with van der Waals surface area (Å²) < 4.78 is 0. The number of carbonyl (C=O) groups is 6. The van der Waals surface area contributed by atoms with Gasteiger partial charge in [0.25, 0.3) is 5.91 Å². The van der Waals surface area contributed by atoms with Crippen LogP contribution < -0.4 is 21.3 Å². The van der Waals surface area contributed by atoms with E-state index in [9.17, 15) is 33.9 Å². The van der Waals surface area contributed by atoms with Gasteiger partial charge in [-0.3, -0.25) is 24.1 Å². The standard InChI is InChI=1S/C37H46N6O7/c1-21-7-5-6-8-27(21)40-34(49)39-26-11-9-22(10-12-26)19-43-35(50)42(33(48)36(43,2)3)20-29(44)41-31-25-14-23-13-24(15-25)18-37(31,17-23)32(47)28(38-4)16-30(45)46/h5-12,23-25,28,31,38H,13-20H2,1-4H3,(H,41,44)(H,45,46)(H2,39,40,49)/t23?,24?,25?,28-,31?,37?/m0/s1. The highest BCUT2D eigenvalue weighted by molar-refractivity contribution is 6.08. The maximum absolute atomic E-state index is 14.0. The van der Waals surface area contributed by atoms with E-state index in [-0.39, 0.29) is 24.7 Å². The first-order chi connectivity index (χ1) is 23.7. The average Bonchev–Trinajstić information content (AvgIpc) is 3.21. The number of ketones is 1. The highest BCUT2D eigenvalue weighted by atomic mass is 16.4. The minimum Gasteiger partial charge on any atom is -0.481 e. The molecule has 13 heteroatoms. The largest absolute Gasteiger partial charge is 0.481 e. The molecule has 1 saturated heterocycles. The molecule has 5 fully saturated rings. The third kappa shape index (κ3) is 6.58. The van der Waals surface area contributed by atoms with Crippen LogP contribution in [0.4, 0.5) is 21.0 Å². The summed E-state index contributed by atoms with van der Waals surface area (Å²) in [4.78, 5) is 81.5. The molecule has 5 aliphatic rings. The monoisotopic (exact) mass is 686 g/mol. The molecule has 0 radical (unpaired) electrons. The number of rotatable bonds is 12. The summed E-state index contributed by atoms with van der Waals surface area (Å²) in [5.41, 5.74) is 0.789. The van der Waals surface area contributed by atoms with Gasteiger partial charge in [-0.25, -0.2) is 9.59 Å². The van der Waals surface area contributed by atoms with Crippen LogP contribution in [0.25, 0.3) is 0 Å². The fourth-order valence-corrected chi connectivity index (χ4v) is 9.06. The molecular weight excluding hydrogens is 640 g/mol. The number of hydrogen-bond acceptors (Lipinski definition) is 7. The number of aliphatic carboxylic acids is 1. The van der Waals surface area contributed by atoms with E-state index in [0.717, 1.165) is 35.3 Å². The predicted molar refractivity (Wildman–Crippen MR) is 185 cm³/mol. The third-order valence-electron chi connectivity index (χ3n) is 11.3. The summed E-state index contributed by atoms with van der Waals surface area (Å²) in [6.45, 7) is 4.80. The van der Waals surface area contributed by atoms with Crippen molar-refractivity contribution in [2.75, 3.05) is 24.2 Å². The number of aryl methyl sites for hydroxylation is 1. The van der Waals surface area contributed by atoms with E-state index in [2.05, 4.69) is 21.3 Å². The van der Waals surface area contributed by atoms with Gasteiger partial charge in [-0.15, -0.1) is 0 Å². The maximum atomic E-state index is 14.0. The third-order valence-corrected chi connectivity index (χ3v) is 11.3. The number of Topliss-reactive ketones (excluding diaryl/α,β-unsaturated/α-hetero) is 1. The average molecular weight is 687 g/mol. The van der Waals surface area contributed by atoms with Crippen molar-refractivity contribution < 1.29 is 33.9 Å². The molecule has 4 atom stereocenters. The molecule has 3 unspecified atom stereocenters. The molecule has 4 bridgehead atoms. The Balaban J connectivity index is 1.11. The molecule has 7 rings (SSSR count). The van der Waals surface area contributed by atoms with E-state index in [4.69, 9.17) is 0 Å². The second-order valence-corrected chi connectivity index (χ2v) is 15.0. The van der Waals surface area contributed by atoms with Gasteiger partial charge in [0.05, 0.1) is 17.9 Å². The topological polar surface area (TPSA) is 177 Å². The van der Waals surface area contributed by atoms with Crippen LogP contribution in [0.5, 0.6) is 0 Å². The molecule has 2 aromatic rings. The lowest BCUT2D eigenvalue weighted by molar-refractivity contribution is -0.157. The Hall–Kier alpha value is -4.78. The molecule has 4 saturated carbocycles. The second-order valence-electron chi connectivity index (χ2n) is 15.0. The number of imide groups is 1. The van der Waals surface area contributed by atoms with Crippen molar-refractivity contribution in [3.8, 4) is 0 Å². The maximum Gasteiger partial charge on any atom is 0.328 e. The van der Waals surface area contributed by atoms with Crippen LogP contribution in [0.1, 0.15) is 63.5 Å². The van der Waals surface area contributed by atoms with Crippen molar-refractivity contribution in [3.05, 3.63) is 59.7 Å². The Morgan fingerprint density at radius 2 is 1.60 bits per heavy atom. The lowest BCUT2D eigenvalue weighted by Crippen LogP contribution is -2.67. The van der Waals surface area contributed by atoms with Crippen molar-refractivity contribution >= 4 is 47.0 Å². The van der Waals surface area contributed by atoms with Gasteiger partial charge in [0.1, 0.15) is 12.1 Å². The van der Waals surface area contributed by atoms with Gasteiger partial charge < -0.3 is 31.3 Å². The zero-order chi connectivity index (χ0) is 36.0. The number of nitrogens with zero attached hydrogens (tertiary/aromatic N) is 2. The molecule has 0 aromatic heterocycles. The molecule has 266 valence electrons. The Morgan fingerprint density at radius 3 is 2.22 bits per heavy atom. The van der Waals surface area contributed by atoms with Gasteiger partial charge in [-0.1, -0.05) is 30.3 Å². The summed E-state index contributed by atoms with van der Waals surface area (Å²) >= 11 is 0. The Bertz CT molecular complexity index is 1690. The fourth-order valence-electron chi connectivity index (χ4n) is 9.06. The van der Waals surface area contributed by atoms with Crippen molar-refractivity contribution in [2.24, 2.45) is 23.2 Å². The first kappa shape index (κ1) is 35.1. The molecule has 6 amide bonds. The lowest BCUT2D eigenvalue weighted by atomic mass is 9.45. The van der Waals surface area contributed by atoms with Crippen molar-refractivity contribution in [1.29, 1.82) is 0 Å². The van der Waals surface area contributed by atoms with Crippen LogP contribution in [0.15, 0.2) is 48.5 Å². The first-order valence-corrected chi connectivity index (χ1v) is 17.3. The van der Waals surface area contributed by atoms with Crippen molar-refractivity contribution in [3.63, 3.8) is 0 Å². The summed E-state index contributed by atoms with van der Waals surface area (Å²) in [5.74, 6) is -1.51. The van der Waals surface area contributed by atoms with E-state index in [0.29, 0.717) is 36.1 Å². The number of para-hydroxylation sites is 1. The van der Waals surface area contributed by atoms with E-state index in [1.54, 1.807) is 45.2 Å². The van der Waals surface area contributed by atoms with E-state index in [1.165, 1.54) is 4.90 Å². The number of hydrogen-bond donors (Lipinski definition) is 5. The number of carbonyl (C=O) groups excluding carboxylic acids is 5. The number of urea groups is 2. The van der Waals surface area contributed by atoms with Gasteiger partial charge in [0.15, 0.2) is 5.78 Å². The number of carboxylic acids is 1. The fraction of sp³-hybridized carbons (Fsp3) is 0.514. The van der Waals surface area contributed by atoms with E-state index in [1.807, 2.05) is 31.2 Å². The lowest BCUT2D eigenvalue weighted by Gasteiger charge is -2.61. The summed E-state index contributed by atoms with van der Waals surface area (Å²) in [5, 5.41) is 21.0. The molecule has 13 nitrogen and oxygen atoms in total. The zero-order valence-electron chi connectivity index (χ0n) is 29.0. The quantitative estimate of drug-likeness (QED) is 0.207. The minimum absolute atomic E-state index is 0.0698. The Kier molecular flexibility index (Phi) is 9.47. The SMILES string of the molecule is CN[C@@H](CC(=O)O)C(=O)C12CC3CC(CC(C3)C1NC(=O)CN1C(=O)N(Cc3ccc(NC(=O)Nc4ccccc4C)cc3)C(C)(C)C1=O)C2. The number of anilines is 2. The molecule has 0 spiro atoms. The van der Waals surface area contributed by atoms with Crippen LogP contribution in [-0.4, -0.2) is 81.8 Å². The van der Waals surface area contributed by atoms with Gasteiger partial charge >= 0.3 is 18.0 Å². The number of carboxylic acid groups (broad SMARTS) is 1. The highest BCUT2D eigenvalue weighted by Crippen LogP contribution is 2.60. The number of nitrogens with one attached hydrogen (secondary N) is 4. The molecule has 4 aliphatic carbocycles. The van der Waals surface area contributed by atoms with Gasteiger partial charge in [-0.2, -0.15) is 0 Å². The number of likely N-dealkylation sites (N-methyl/N-ethyl adjacent to an activating group) is 1. The van der Waals surface area contributed by atoms with Crippen LogP contribution in [0, 0.1) is 30.1 Å². The zero-order valence-corrected chi connectivity index (χ0v) is 29.0. The summed E-state index contributed by atoms with van der Waals surface area (Å²) in [6, 6.07) is 12.0. The Labute approximate surface area is 291 Å². The summed E-state index contributed by atoms with van der Waals surface area (Å²) in [6.07, 6.45) is 3.65. The minimum atomic E-state index is -1.22. The molecule has 2 aromatic carbocycles. The van der Waals surface area contributed by atoms with Crippen LogP contribution in [0.2, 0.25) is 0 Å². The van der Waals surface area contributed by atoms with Crippen LogP contribution in [0.3, 0.4) is 0 Å². The summed E-state index contributed by atoms with van der Waals surface area (Å²) in [7, 11) is 1.58. The molecular formula is C37H46N6O7. The molecule has 50 heavy (non-hydrogen) atoms. The number of benzene rings is 2. The van der Waals surface area contributed by atoms with Crippen LogP contribution >= 0.6 is 0 Å². The van der Waals surface area contributed by atoms with Gasteiger partial charge in [0.2, 0.25) is 5.91 Å². The predicted octanol–water partition coefficient (Wildman–Crippen LogP) is 4.12. The van der Waals surface area contributed by atoms with Gasteiger partial charge in [0, 0.05) is 24.0 Å². The smallest absolute Gasteiger partial charge is 0.328 e. The Morgan fingerprint density at radius 1 is 0.940 bits per heavy atom. The highest BCUT2D eigenvalue weighted by Gasteiger charge is 2.62.